The van der Waals surface area contributed by atoms with Crippen molar-refractivity contribution in [1.82, 2.24) is 15.3 Å². The third-order valence-corrected chi connectivity index (χ3v) is 7.71. The van der Waals surface area contributed by atoms with Gasteiger partial charge in [-0.15, -0.1) is 23.1 Å². The van der Waals surface area contributed by atoms with Crippen LogP contribution in [0.1, 0.15) is 81.8 Å². The lowest BCUT2D eigenvalue weighted by atomic mass is 10.1. The zero-order chi connectivity index (χ0) is 31.4. The summed E-state index contributed by atoms with van der Waals surface area (Å²) in [5, 5.41) is 5.86. The number of carbonyl (C=O) groups is 3. The van der Waals surface area contributed by atoms with E-state index in [0.29, 0.717) is 32.9 Å². The van der Waals surface area contributed by atoms with Gasteiger partial charge in [0.1, 0.15) is 33.6 Å². The standard InChI is InChI=1S/C31H36N4O6S2/c1-18(32-29(38)41-31(5,6)7)24-20(27(36)39-15-19-11-9-8-10-12-19)13-14-21(33-24)25-34-22(16-42-25)26-35-23(17-43-26)28(37)40-30(2,3)4/h8-14,16,18,23H,15,17H2,1-7H3,(H,32,38)/t18-,23+/m1/s1. The number of nitrogens with one attached hydrogen (secondary N) is 1. The van der Waals surface area contributed by atoms with Gasteiger partial charge in [-0.25, -0.2) is 24.4 Å². The number of hydrogen-bond acceptors (Lipinski definition) is 11. The molecule has 1 aromatic carbocycles. The second-order valence-electron chi connectivity index (χ2n) is 11.9. The van der Waals surface area contributed by atoms with E-state index in [9.17, 15) is 14.4 Å². The second-order valence-corrected chi connectivity index (χ2v) is 13.8. The fourth-order valence-corrected chi connectivity index (χ4v) is 5.77. The number of hydrogen-bond donors (Lipinski definition) is 1. The molecule has 2 atom stereocenters. The van der Waals surface area contributed by atoms with E-state index in [4.69, 9.17) is 24.2 Å². The van der Waals surface area contributed by atoms with Crippen LogP contribution in [-0.2, 0) is 25.6 Å². The van der Waals surface area contributed by atoms with Crippen molar-refractivity contribution in [3.63, 3.8) is 0 Å². The number of esters is 2. The maximum Gasteiger partial charge on any atom is 0.408 e. The number of ether oxygens (including phenoxy) is 3. The Kier molecular flexibility index (Phi) is 9.91. The molecule has 1 aliphatic heterocycles. The monoisotopic (exact) mass is 624 g/mol. The Bertz CT molecular complexity index is 1510. The summed E-state index contributed by atoms with van der Waals surface area (Å²) in [7, 11) is 0. The highest BCUT2D eigenvalue weighted by molar-refractivity contribution is 8.14. The number of amides is 1. The van der Waals surface area contributed by atoms with E-state index in [1.807, 2.05) is 56.5 Å². The van der Waals surface area contributed by atoms with Crippen molar-refractivity contribution in [2.75, 3.05) is 5.75 Å². The normalized spacial score (nSPS) is 15.8. The summed E-state index contributed by atoms with van der Waals surface area (Å²) in [6.07, 6.45) is -0.636. The molecule has 0 bridgehead atoms. The lowest BCUT2D eigenvalue weighted by molar-refractivity contribution is -0.155. The second kappa shape index (κ2) is 13.3. The van der Waals surface area contributed by atoms with Crippen LogP contribution in [0.3, 0.4) is 0 Å². The summed E-state index contributed by atoms with van der Waals surface area (Å²) in [4.78, 5) is 52.2. The Balaban J connectivity index is 1.58. The average Bonchev–Trinajstić information content (AvgIpc) is 3.60. The van der Waals surface area contributed by atoms with Gasteiger partial charge in [-0.05, 0) is 66.2 Å². The van der Waals surface area contributed by atoms with Crippen molar-refractivity contribution in [1.29, 1.82) is 0 Å². The first-order valence-corrected chi connectivity index (χ1v) is 15.7. The number of aliphatic imine (C=N–C) groups is 1. The molecule has 0 saturated heterocycles. The molecule has 0 fully saturated rings. The highest BCUT2D eigenvalue weighted by atomic mass is 32.2. The molecule has 228 valence electrons. The molecule has 0 unspecified atom stereocenters. The number of aromatic nitrogens is 2. The SMILES string of the molecule is C[C@@H](NC(=O)OC(C)(C)C)c1nc(-c2nc(C3=N[C@H](C(=O)OC(C)(C)C)CS3)cs2)ccc1C(=O)OCc1ccccc1. The van der Waals surface area contributed by atoms with Crippen LogP contribution in [0.2, 0.25) is 0 Å². The number of pyridine rings is 1. The van der Waals surface area contributed by atoms with Crippen molar-refractivity contribution < 1.29 is 28.6 Å². The first-order chi connectivity index (χ1) is 20.2. The fraction of sp³-hybridized carbons (Fsp3) is 0.419. The van der Waals surface area contributed by atoms with Gasteiger partial charge in [-0.3, -0.25) is 4.99 Å². The number of thiazole rings is 1. The molecule has 10 nitrogen and oxygen atoms in total. The molecular weight excluding hydrogens is 588 g/mol. The summed E-state index contributed by atoms with van der Waals surface area (Å²) in [6, 6.07) is 11.4. The number of benzene rings is 1. The van der Waals surface area contributed by atoms with Gasteiger partial charge >= 0.3 is 18.0 Å². The van der Waals surface area contributed by atoms with Crippen molar-refractivity contribution in [3.8, 4) is 10.7 Å². The molecule has 12 heteroatoms. The van der Waals surface area contributed by atoms with Gasteiger partial charge < -0.3 is 19.5 Å². The van der Waals surface area contributed by atoms with Crippen LogP contribution in [0, 0.1) is 0 Å². The Morgan fingerprint density at radius 1 is 0.953 bits per heavy atom. The van der Waals surface area contributed by atoms with Gasteiger partial charge in [-0.1, -0.05) is 30.3 Å². The van der Waals surface area contributed by atoms with Gasteiger partial charge in [-0.2, -0.15) is 0 Å². The first kappa shape index (κ1) is 32.2. The predicted octanol–water partition coefficient (Wildman–Crippen LogP) is 6.35. The maximum absolute atomic E-state index is 13.2. The number of nitrogens with zero attached hydrogens (tertiary/aromatic N) is 3. The van der Waals surface area contributed by atoms with Crippen LogP contribution < -0.4 is 5.32 Å². The minimum absolute atomic E-state index is 0.0919. The van der Waals surface area contributed by atoms with E-state index >= 15 is 0 Å². The summed E-state index contributed by atoms with van der Waals surface area (Å²) in [5.41, 5.74) is 1.23. The summed E-state index contributed by atoms with van der Waals surface area (Å²) in [6.45, 7) is 12.6. The third kappa shape index (κ3) is 9.11. The van der Waals surface area contributed by atoms with Crippen molar-refractivity contribution >= 4 is 46.2 Å². The number of carbonyl (C=O) groups excluding carboxylic acids is 3. The summed E-state index contributed by atoms with van der Waals surface area (Å²) in [5.74, 6) is -0.453. The highest BCUT2D eigenvalue weighted by Gasteiger charge is 2.31. The van der Waals surface area contributed by atoms with Crippen LogP contribution in [-0.4, -0.2) is 56.0 Å². The van der Waals surface area contributed by atoms with Gasteiger partial charge in [0.25, 0.3) is 0 Å². The molecule has 1 N–H and O–H groups in total. The topological polar surface area (TPSA) is 129 Å². The largest absolute Gasteiger partial charge is 0.458 e. The fourth-order valence-electron chi connectivity index (χ4n) is 3.94. The summed E-state index contributed by atoms with van der Waals surface area (Å²) < 4.78 is 16.5. The van der Waals surface area contributed by atoms with E-state index in [1.54, 1.807) is 39.8 Å². The van der Waals surface area contributed by atoms with Gasteiger partial charge in [0.05, 0.1) is 23.0 Å². The zero-order valence-corrected chi connectivity index (χ0v) is 26.9. The van der Waals surface area contributed by atoms with Crippen LogP contribution in [0.25, 0.3) is 10.7 Å². The van der Waals surface area contributed by atoms with Gasteiger partial charge in [0, 0.05) is 11.1 Å². The molecule has 0 radical (unpaired) electrons. The molecule has 0 saturated carbocycles. The van der Waals surface area contributed by atoms with E-state index in [-0.39, 0.29) is 18.1 Å². The predicted molar refractivity (Wildman–Crippen MR) is 167 cm³/mol. The molecule has 3 heterocycles. The molecule has 3 aromatic rings. The van der Waals surface area contributed by atoms with Crippen LogP contribution in [0.5, 0.6) is 0 Å². The van der Waals surface area contributed by atoms with Gasteiger partial charge in [0.15, 0.2) is 6.04 Å². The molecule has 1 aliphatic rings. The Labute approximate surface area is 259 Å². The smallest absolute Gasteiger partial charge is 0.408 e. The van der Waals surface area contributed by atoms with E-state index in [0.717, 1.165) is 5.56 Å². The molecule has 43 heavy (non-hydrogen) atoms. The molecule has 1 amide bonds. The van der Waals surface area contributed by atoms with Gasteiger partial charge in [0.2, 0.25) is 0 Å². The first-order valence-electron chi connectivity index (χ1n) is 13.8. The Morgan fingerprint density at radius 3 is 2.33 bits per heavy atom. The van der Waals surface area contributed by atoms with Crippen molar-refractivity contribution in [3.05, 3.63) is 70.4 Å². The molecule has 2 aromatic heterocycles. The molecule has 0 spiro atoms. The summed E-state index contributed by atoms with van der Waals surface area (Å²) >= 11 is 2.81. The minimum Gasteiger partial charge on any atom is -0.458 e. The van der Waals surface area contributed by atoms with Crippen LogP contribution >= 0.6 is 23.1 Å². The minimum atomic E-state index is -0.697. The zero-order valence-electron chi connectivity index (χ0n) is 25.3. The molecule has 4 rings (SSSR count). The highest BCUT2D eigenvalue weighted by Crippen LogP contribution is 2.30. The Morgan fingerprint density at radius 2 is 1.65 bits per heavy atom. The number of thioether (sulfide) groups is 1. The number of rotatable bonds is 8. The van der Waals surface area contributed by atoms with Crippen molar-refractivity contribution in [2.24, 2.45) is 4.99 Å². The van der Waals surface area contributed by atoms with Crippen molar-refractivity contribution in [2.45, 2.75) is 78.4 Å². The Hall–Kier alpha value is -3.77. The average molecular weight is 625 g/mol. The van der Waals surface area contributed by atoms with E-state index in [1.165, 1.54) is 23.1 Å². The van der Waals surface area contributed by atoms with E-state index in [2.05, 4.69) is 10.3 Å². The quantitative estimate of drug-likeness (QED) is 0.225. The van der Waals surface area contributed by atoms with Crippen LogP contribution in [0.15, 0.2) is 52.8 Å². The lowest BCUT2D eigenvalue weighted by Gasteiger charge is -2.22. The van der Waals surface area contributed by atoms with E-state index < -0.39 is 35.3 Å². The maximum atomic E-state index is 13.2. The molecular formula is C31H36N4O6S2. The van der Waals surface area contributed by atoms with Crippen LogP contribution in [0.4, 0.5) is 4.79 Å². The number of alkyl carbamates (subject to hydrolysis) is 1. The third-order valence-electron chi connectivity index (χ3n) is 5.77. The lowest BCUT2D eigenvalue weighted by Crippen LogP contribution is -2.35. The molecule has 0 aliphatic carbocycles.